The molecule has 18 heavy (non-hydrogen) atoms. The topological polar surface area (TPSA) is 29.4 Å². The third kappa shape index (κ3) is 3.30. The number of isocyanates is 1. The molecule has 0 radical (unpaired) electrons. The second-order valence-corrected chi connectivity index (χ2v) is 6.11. The number of nitrogens with zero attached hydrogens (tertiary/aromatic N) is 1. The average molecular weight is 243 g/mol. The predicted molar refractivity (Wildman–Crippen MR) is 73.3 cm³/mol. The fraction of sp³-hybridized carbons (Fsp3) is 0.562. The monoisotopic (exact) mass is 243 g/mol. The van der Waals surface area contributed by atoms with Crippen LogP contribution < -0.4 is 0 Å². The van der Waals surface area contributed by atoms with Gasteiger partial charge in [-0.1, -0.05) is 44.5 Å². The molecule has 1 aromatic rings. The second-order valence-electron chi connectivity index (χ2n) is 6.11. The standard InChI is InChI=1S/C16H21NO/c1-16(2)9-3-4-15(10-16)14-7-5-13(6-8-14)11-17-12-18/h5-8,15H,3-4,9-11H2,1-2H3. The van der Waals surface area contributed by atoms with E-state index in [2.05, 4.69) is 43.1 Å². The molecule has 2 heteroatoms. The van der Waals surface area contributed by atoms with Gasteiger partial charge < -0.3 is 0 Å². The van der Waals surface area contributed by atoms with E-state index in [-0.39, 0.29) is 0 Å². The molecule has 0 amide bonds. The van der Waals surface area contributed by atoms with Gasteiger partial charge in [-0.2, -0.15) is 0 Å². The number of rotatable bonds is 3. The van der Waals surface area contributed by atoms with E-state index in [4.69, 9.17) is 0 Å². The number of hydrogen-bond donors (Lipinski definition) is 0. The summed E-state index contributed by atoms with van der Waals surface area (Å²) >= 11 is 0. The van der Waals surface area contributed by atoms with Crippen LogP contribution in [0.3, 0.4) is 0 Å². The smallest absolute Gasteiger partial charge is 0.211 e. The summed E-state index contributed by atoms with van der Waals surface area (Å²) < 4.78 is 0. The van der Waals surface area contributed by atoms with Crippen LogP contribution in [0, 0.1) is 5.41 Å². The molecule has 0 saturated heterocycles. The zero-order valence-corrected chi connectivity index (χ0v) is 11.3. The lowest BCUT2D eigenvalue weighted by Gasteiger charge is -2.35. The van der Waals surface area contributed by atoms with Crippen LogP contribution in [0.4, 0.5) is 0 Å². The maximum atomic E-state index is 10.1. The Morgan fingerprint density at radius 2 is 2.06 bits per heavy atom. The molecule has 1 aliphatic carbocycles. The first kappa shape index (κ1) is 13.0. The molecule has 1 fully saturated rings. The quantitative estimate of drug-likeness (QED) is 0.577. The number of hydrogen-bond acceptors (Lipinski definition) is 2. The molecule has 0 heterocycles. The van der Waals surface area contributed by atoms with Gasteiger partial charge in [0.05, 0.1) is 6.54 Å². The van der Waals surface area contributed by atoms with Gasteiger partial charge in [-0.15, -0.1) is 0 Å². The third-order valence-electron chi connectivity index (χ3n) is 3.98. The minimum atomic E-state index is 0.444. The van der Waals surface area contributed by atoms with Gasteiger partial charge in [-0.05, 0) is 41.7 Å². The third-order valence-corrected chi connectivity index (χ3v) is 3.98. The molecule has 1 unspecified atom stereocenters. The Balaban J connectivity index is 2.07. The molecular weight excluding hydrogens is 222 g/mol. The summed E-state index contributed by atoms with van der Waals surface area (Å²) in [6.07, 6.45) is 6.83. The second kappa shape index (κ2) is 5.49. The van der Waals surface area contributed by atoms with Gasteiger partial charge >= 0.3 is 0 Å². The van der Waals surface area contributed by atoms with Crippen molar-refractivity contribution in [3.63, 3.8) is 0 Å². The molecule has 1 aromatic carbocycles. The summed E-state index contributed by atoms with van der Waals surface area (Å²) in [6.45, 7) is 5.18. The Morgan fingerprint density at radius 3 is 2.67 bits per heavy atom. The van der Waals surface area contributed by atoms with E-state index in [1.165, 1.54) is 31.2 Å². The van der Waals surface area contributed by atoms with Crippen LogP contribution in [0.2, 0.25) is 0 Å². The molecule has 0 bridgehead atoms. The van der Waals surface area contributed by atoms with Crippen LogP contribution in [0.1, 0.15) is 56.6 Å². The van der Waals surface area contributed by atoms with E-state index < -0.39 is 0 Å². The summed E-state index contributed by atoms with van der Waals surface area (Å²) in [6, 6.07) is 8.55. The van der Waals surface area contributed by atoms with E-state index in [0.29, 0.717) is 17.9 Å². The van der Waals surface area contributed by atoms with E-state index >= 15 is 0 Å². The highest BCUT2D eigenvalue weighted by Crippen LogP contribution is 2.43. The van der Waals surface area contributed by atoms with Crippen molar-refractivity contribution in [1.82, 2.24) is 0 Å². The zero-order chi connectivity index (χ0) is 13.0. The first-order valence-electron chi connectivity index (χ1n) is 6.73. The maximum Gasteiger partial charge on any atom is 0.235 e. The molecule has 2 nitrogen and oxygen atoms in total. The van der Waals surface area contributed by atoms with E-state index in [9.17, 15) is 4.79 Å². The SMILES string of the molecule is CC1(C)CCCC(c2ccc(CN=C=O)cc2)C1. The lowest BCUT2D eigenvalue weighted by molar-refractivity contribution is 0.219. The number of carbonyl (C=O) groups excluding carboxylic acids is 1. The molecule has 1 atom stereocenters. The maximum absolute atomic E-state index is 10.1. The highest BCUT2D eigenvalue weighted by molar-refractivity contribution is 5.34. The fourth-order valence-corrected chi connectivity index (χ4v) is 3.00. The minimum absolute atomic E-state index is 0.444. The Bertz CT molecular complexity index is 441. The molecule has 96 valence electrons. The Morgan fingerprint density at radius 1 is 1.33 bits per heavy atom. The van der Waals surface area contributed by atoms with Gasteiger partial charge in [0.15, 0.2) is 0 Å². The van der Waals surface area contributed by atoms with Crippen molar-refractivity contribution in [1.29, 1.82) is 0 Å². The summed E-state index contributed by atoms with van der Waals surface area (Å²) in [5, 5.41) is 0. The highest BCUT2D eigenvalue weighted by atomic mass is 16.1. The minimum Gasteiger partial charge on any atom is -0.211 e. The fourth-order valence-electron chi connectivity index (χ4n) is 3.00. The predicted octanol–water partition coefficient (Wildman–Crippen LogP) is 4.21. The van der Waals surface area contributed by atoms with Gasteiger partial charge in [0.2, 0.25) is 6.08 Å². The van der Waals surface area contributed by atoms with Gasteiger partial charge in [0.25, 0.3) is 0 Å². The lowest BCUT2D eigenvalue weighted by Crippen LogP contribution is -2.21. The van der Waals surface area contributed by atoms with Gasteiger partial charge in [-0.3, -0.25) is 0 Å². The van der Waals surface area contributed by atoms with Crippen LogP contribution >= 0.6 is 0 Å². The number of aliphatic imine (C=N–C) groups is 1. The van der Waals surface area contributed by atoms with Crippen molar-refractivity contribution in [2.45, 2.75) is 52.0 Å². The Labute approximate surface area is 109 Å². The van der Waals surface area contributed by atoms with Gasteiger partial charge in [0, 0.05) is 0 Å². The molecule has 0 aromatic heterocycles. The van der Waals surface area contributed by atoms with Crippen LogP contribution in [0.5, 0.6) is 0 Å². The Kier molecular flexibility index (Phi) is 3.98. The van der Waals surface area contributed by atoms with Crippen LogP contribution in [-0.2, 0) is 11.3 Å². The molecular formula is C16H21NO. The molecule has 0 aliphatic heterocycles. The normalized spacial score (nSPS) is 22.2. The Hall–Kier alpha value is -1.40. The molecule has 1 saturated carbocycles. The van der Waals surface area contributed by atoms with Gasteiger partial charge in [-0.25, -0.2) is 9.79 Å². The first-order chi connectivity index (χ1) is 8.61. The van der Waals surface area contributed by atoms with Crippen molar-refractivity contribution in [2.75, 3.05) is 0 Å². The van der Waals surface area contributed by atoms with E-state index in [1.54, 1.807) is 6.08 Å². The molecule has 2 rings (SSSR count). The summed E-state index contributed by atoms with van der Waals surface area (Å²) in [4.78, 5) is 13.7. The molecule has 0 spiro atoms. The van der Waals surface area contributed by atoms with Gasteiger partial charge in [0.1, 0.15) is 0 Å². The summed E-state index contributed by atoms with van der Waals surface area (Å²) in [5.41, 5.74) is 2.99. The molecule has 1 aliphatic rings. The van der Waals surface area contributed by atoms with Crippen LogP contribution in [0.15, 0.2) is 29.3 Å². The summed E-state index contributed by atoms with van der Waals surface area (Å²) in [5.74, 6) is 0.692. The zero-order valence-electron chi connectivity index (χ0n) is 11.3. The van der Waals surface area contributed by atoms with E-state index in [1.807, 2.05) is 0 Å². The van der Waals surface area contributed by atoms with Crippen molar-refractivity contribution >= 4 is 6.08 Å². The van der Waals surface area contributed by atoms with E-state index in [0.717, 1.165) is 5.56 Å². The van der Waals surface area contributed by atoms with Crippen molar-refractivity contribution < 1.29 is 4.79 Å². The van der Waals surface area contributed by atoms with Crippen molar-refractivity contribution in [2.24, 2.45) is 10.4 Å². The summed E-state index contributed by atoms with van der Waals surface area (Å²) in [7, 11) is 0. The van der Waals surface area contributed by atoms with Crippen LogP contribution in [-0.4, -0.2) is 6.08 Å². The highest BCUT2D eigenvalue weighted by Gasteiger charge is 2.28. The number of benzene rings is 1. The lowest BCUT2D eigenvalue weighted by atomic mass is 9.70. The first-order valence-corrected chi connectivity index (χ1v) is 6.73. The van der Waals surface area contributed by atoms with Crippen molar-refractivity contribution in [3.8, 4) is 0 Å². The van der Waals surface area contributed by atoms with Crippen molar-refractivity contribution in [3.05, 3.63) is 35.4 Å². The molecule has 0 N–H and O–H groups in total. The average Bonchev–Trinajstić information content (AvgIpc) is 2.36. The largest absolute Gasteiger partial charge is 0.235 e. The van der Waals surface area contributed by atoms with Crippen LogP contribution in [0.25, 0.3) is 0 Å².